The lowest BCUT2D eigenvalue weighted by Gasteiger charge is -2.32. The molecule has 5 rings (SSSR count). The van der Waals surface area contributed by atoms with Crippen molar-refractivity contribution in [1.82, 2.24) is 24.5 Å². The number of aromatic nitrogens is 4. The third-order valence-electron chi connectivity index (χ3n) is 7.00. The van der Waals surface area contributed by atoms with Gasteiger partial charge in [-0.3, -0.25) is 9.98 Å². The summed E-state index contributed by atoms with van der Waals surface area (Å²) < 4.78 is 55.1. The first kappa shape index (κ1) is 25.4. The lowest BCUT2D eigenvalue weighted by atomic mass is 9.89. The first-order valence-corrected chi connectivity index (χ1v) is 12.4. The Kier molecular flexibility index (Phi) is 6.78. The minimum atomic E-state index is -4.22. The van der Waals surface area contributed by atoms with Crippen molar-refractivity contribution in [2.75, 3.05) is 37.8 Å². The van der Waals surface area contributed by atoms with Crippen LogP contribution in [0.2, 0.25) is 0 Å². The van der Waals surface area contributed by atoms with Crippen LogP contribution in [0.25, 0.3) is 16.8 Å². The van der Waals surface area contributed by atoms with Gasteiger partial charge in [0, 0.05) is 49.9 Å². The second-order valence-electron chi connectivity index (χ2n) is 9.88. The van der Waals surface area contributed by atoms with Gasteiger partial charge in [-0.2, -0.15) is 18.2 Å². The van der Waals surface area contributed by atoms with E-state index >= 15 is 0 Å². The lowest BCUT2D eigenvalue weighted by molar-refractivity contribution is -0.136. The third-order valence-corrected chi connectivity index (χ3v) is 7.00. The van der Waals surface area contributed by atoms with Gasteiger partial charge in [-0.15, -0.1) is 5.10 Å². The molecule has 2 aliphatic rings. The van der Waals surface area contributed by atoms with E-state index in [0.717, 1.165) is 17.8 Å². The van der Waals surface area contributed by atoms with Crippen LogP contribution >= 0.6 is 0 Å². The minimum absolute atomic E-state index is 0.0389. The fourth-order valence-electron chi connectivity index (χ4n) is 5.15. The number of pyridine rings is 1. The molecule has 1 saturated heterocycles. The number of likely N-dealkylation sites (tertiary alicyclic amines) is 1. The summed E-state index contributed by atoms with van der Waals surface area (Å²) in [6.07, 6.45) is -3.31. The molecule has 1 fully saturated rings. The Bertz CT molecular complexity index is 1320. The molecule has 3 aromatic heterocycles. The summed E-state index contributed by atoms with van der Waals surface area (Å²) in [7, 11) is 3.63. The summed E-state index contributed by atoms with van der Waals surface area (Å²) in [6.45, 7) is 2.96. The number of hydrogen-bond donors (Lipinski definition) is 2. The number of nitrogens with zero attached hydrogens (tertiary/aromatic N) is 6. The summed E-state index contributed by atoms with van der Waals surface area (Å²) in [5, 5.41) is 10.8. The smallest absolute Gasteiger partial charge is 0.371 e. The summed E-state index contributed by atoms with van der Waals surface area (Å²) in [6, 6.07) is 5.09. The molecule has 3 atom stereocenters. The van der Waals surface area contributed by atoms with Gasteiger partial charge in [0.2, 0.25) is 5.95 Å². The third kappa shape index (κ3) is 5.39. The highest BCUT2D eigenvalue weighted by molar-refractivity contribution is 5.90. The van der Waals surface area contributed by atoms with Crippen LogP contribution in [-0.4, -0.2) is 75.8 Å². The van der Waals surface area contributed by atoms with E-state index in [0.29, 0.717) is 53.7 Å². The van der Waals surface area contributed by atoms with E-state index in [1.54, 1.807) is 17.8 Å². The van der Waals surface area contributed by atoms with Crippen molar-refractivity contribution < 1.29 is 17.6 Å². The Hall–Kier alpha value is -3.28. The summed E-state index contributed by atoms with van der Waals surface area (Å²) >= 11 is 0. The molecule has 2 N–H and O–H groups in total. The quantitative estimate of drug-likeness (QED) is 0.436. The number of anilines is 2. The number of aliphatic imine (C=N–C) groups is 1. The summed E-state index contributed by atoms with van der Waals surface area (Å²) in [4.78, 5) is 15.9. The highest BCUT2D eigenvalue weighted by Crippen LogP contribution is 2.40. The zero-order valence-electron chi connectivity index (χ0n) is 21.0. The van der Waals surface area contributed by atoms with Gasteiger partial charge in [0.25, 0.3) is 0 Å². The molecule has 198 valence electrons. The average Bonchev–Trinajstić information content (AvgIpc) is 3.27. The molecule has 3 aromatic rings. The van der Waals surface area contributed by atoms with Crippen LogP contribution in [0.1, 0.15) is 44.2 Å². The number of nitrogens with one attached hydrogen (secondary N) is 2. The topological polar surface area (TPSA) is 82.7 Å². The van der Waals surface area contributed by atoms with Gasteiger partial charge in [0.1, 0.15) is 11.7 Å². The highest BCUT2D eigenvalue weighted by Gasteiger charge is 2.32. The number of rotatable bonds is 6. The zero-order valence-corrected chi connectivity index (χ0v) is 21.0. The molecule has 0 radical (unpaired) electrons. The predicted octanol–water partition coefficient (Wildman–Crippen LogP) is 5.21. The van der Waals surface area contributed by atoms with Crippen LogP contribution in [0.15, 0.2) is 29.4 Å². The van der Waals surface area contributed by atoms with Crippen molar-refractivity contribution in [3.63, 3.8) is 0 Å². The van der Waals surface area contributed by atoms with E-state index in [1.807, 2.05) is 37.1 Å². The maximum absolute atomic E-state index is 14.6. The summed E-state index contributed by atoms with van der Waals surface area (Å²) in [5.41, 5.74) is 4.00. The maximum atomic E-state index is 14.6. The number of halogens is 4. The molecule has 0 aromatic carbocycles. The molecule has 0 aliphatic carbocycles. The Labute approximate surface area is 212 Å². The number of alkyl halides is 4. The number of hydrogen-bond acceptors (Lipinski definition) is 7. The van der Waals surface area contributed by atoms with Crippen LogP contribution in [-0.2, 0) is 0 Å². The van der Waals surface area contributed by atoms with Crippen molar-refractivity contribution >= 4 is 28.7 Å². The van der Waals surface area contributed by atoms with Crippen molar-refractivity contribution in [2.24, 2.45) is 4.99 Å². The molecule has 8 nitrogen and oxygen atoms in total. The van der Waals surface area contributed by atoms with Crippen LogP contribution in [0.5, 0.6) is 0 Å². The second kappa shape index (κ2) is 9.88. The van der Waals surface area contributed by atoms with Gasteiger partial charge in [0.05, 0.1) is 23.1 Å². The van der Waals surface area contributed by atoms with Gasteiger partial charge >= 0.3 is 6.18 Å². The molecule has 0 saturated carbocycles. The van der Waals surface area contributed by atoms with Gasteiger partial charge in [-0.25, -0.2) is 8.91 Å². The van der Waals surface area contributed by atoms with Gasteiger partial charge in [-0.05, 0) is 51.4 Å². The molecule has 0 spiro atoms. The predicted molar refractivity (Wildman–Crippen MR) is 136 cm³/mol. The van der Waals surface area contributed by atoms with Crippen LogP contribution in [0.4, 0.5) is 35.0 Å². The SMILES string of the molecule is CNc1nc(N[C@H]2CCN(C)C[C@H]2F)nn2ccc(-c3ccc4c(n3)C(CCC(F)(F)F)CC(C)=N4)c12. The van der Waals surface area contributed by atoms with Crippen LogP contribution in [0.3, 0.4) is 0 Å². The standard InChI is InChI=1S/C25H30F4N8/c1-14-12-15(6-9-25(27,28)29)21-20(31-14)5-4-18(32-21)16-7-11-37-22(16)23(30-2)34-24(35-37)33-19-8-10-36(3)13-17(19)26/h4-5,7,11,15,17,19H,6,8-10,12-13H2,1-3H3,(H2,30,33,34,35)/t15?,17-,19+/m1/s1. The molecule has 0 amide bonds. The molecule has 12 heteroatoms. The van der Waals surface area contributed by atoms with E-state index in [2.05, 4.69) is 25.7 Å². The number of piperidine rings is 1. The van der Waals surface area contributed by atoms with E-state index < -0.39 is 18.8 Å². The van der Waals surface area contributed by atoms with Gasteiger partial charge in [0.15, 0.2) is 5.82 Å². The monoisotopic (exact) mass is 518 g/mol. The summed E-state index contributed by atoms with van der Waals surface area (Å²) in [5.74, 6) is 0.483. The Morgan fingerprint density at radius 3 is 2.70 bits per heavy atom. The molecule has 0 bridgehead atoms. The molecule has 2 aliphatic heterocycles. The largest absolute Gasteiger partial charge is 0.389 e. The Balaban J connectivity index is 1.48. The second-order valence-corrected chi connectivity index (χ2v) is 9.88. The first-order valence-electron chi connectivity index (χ1n) is 12.4. The van der Waals surface area contributed by atoms with E-state index in [1.165, 1.54) is 0 Å². The first-order chi connectivity index (χ1) is 17.6. The van der Waals surface area contributed by atoms with Crippen LogP contribution < -0.4 is 10.6 Å². The van der Waals surface area contributed by atoms with E-state index in [4.69, 9.17) is 4.98 Å². The molecule has 37 heavy (non-hydrogen) atoms. The molecule has 1 unspecified atom stereocenters. The average molecular weight is 519 g/mol. The Morgan fingerprint density at radius 1 is 1.16 bits per heavy atom. The van der Waals surface area contributed by atoms with Crippen molar-refractivity contribution in [3.8, 4) is 11.3 Å². The lowest BCUT2D eigenvalue weighted by Crippen LogP contribution is -2.46. The van der Waals surface area contributed by atoms with Crippen LogP contribution in [0, 0.1) is 0 Å². The van der Waals surface area contributed by atoms with Gasteiger partial charge in [-0.1, -0.05) is 0 Å². The van der Waals surface area contributed by atoms with Gasteiger partial charge < -0.3 is 15.5 Å². The van der Waals surface area contributed by atoms with Crippen molar-refractivity contribution in [2.45, 2.75) is 56.9 Å². The highest BCUT2D eigenvalue weighted by atomic mass is 19.4. The zero-order chi connectivity index (χ0) is 26.3. The fraction of sp³-hybridized carbons (Fsp3) is 0.520. The van der Waals surface area contributed by atoms with E-state index in [9.17, 15) is 17.6 Å². The fourth-order valence-corrected chi connectivity index (χ4v) is 5.15. The Morgan fingerprint density at radius 2 is 1.97 bits per heavy atom. The van der Waals surface area contributed by atoms with Crippen molar-refractivity contribution in [1.29, 1.82) is 0 Å². The van der Waals surface area contributed by atoms with Crippen molar-refractivity contribution in [3.05, 3.63) is 30.1 Å². The van der Waals surface area contributed by atoms with E-state index in [-0.39, 0.29) is 18.4 Å². The normalized spacial score (nSPS) is 22.6. The molecular weight excluding hydrogens is 488 g/mol. The molecule has 5 heterocycles. The number of fused-ring (bicyclic) bond motifs is 2. The minimum Gasteiger partial charge on any atom is -0.371 e. The molecular formula is C25H30F4N8. The maximum Gasteiger partial charge on any atom is 0.389 e.